The van der Waals surface area contributed by atoms with Gasteiger partial charge in [-0.1, -0.05) is 13.8 Å². The summed E-state index contributed by atoms with van der Waals surface area (Å²) >= 11 is 0. The average molecular weight is 250 g/mol. The zero-order valence-electron chi connectivity index (χ0n) is 11.4. The Bertz CT molecular complexity index is 362. The van der Waals surface area contributed by atoms with Crippen molar-refractivity contribution in [1.82, 2.24) is 15.5 Å². The van der Waals surface area contributed by atoms with Crippen LogP contribution in [-0.4, -0.2) is 29.2 Å². The van der Waals surface area contributed by atoms with Gasteiger partial charge in [0.2, 0.25) is 0 Å². The van der Waals surface area contributed by atoms with E-state index >= 15 is 0 Å². The summed E-state index contributed by atoms with van der Waals surface area (Å²) < 4.78 is 0. The third-order valence-electron chi connectivity index (χ3n) is 2.50. The molecule has 2 N–H and O–H groups in total. The minimum atomic E-state index is -0.184. The summed E-state index contributed by atoms with van der Waals surface area (Å²) in [7, 11) is 0. The normalized spacial score (nSPS) is 10.4. The summed E-state index contributed by atoms with van der Waals surface area (Å²) in [5.41, 5.74) is 0.351. The molecule has 1 rings (SSSR count). The smallest absolute Gasteiger partial charge is 0.271 e. The lowest BCUT2D eigenvalue weighted by Crippen LogP contribution is -2.24. The Kier molecular flexibility index (Phi) is 6.11. The molecule has 18 heavy (non-hydrogen) atoms. The van der Waals surface area contributed by atoms with E-state index in [4.69, 9.17) is 0 Å². The molecule has 1 heterocycles. The van der Waals surface area contributed by atoms with Crippen LogP contribution in [0.2, 0.25) is 0 Å². The van der Waals surface area contributed by atoms with Crippen molar-refractivity contribution in [3.8, 4) is 0 Å². The molecule has 0 radical (unpaired) electrons. The molecule has 0 bridgehead atoms. The molecule has 0 unspecified atom stereocenters. The molecule has 5 nitrogen and oxygen atoms in total. The molecule has 100 valence electrons. The van der Waals surface area contributed by atoms with Gasteiger partial charge in [-0.25, -0.2) is 0 Å². The number of nitrogens with zero attached hydrogens (tertiary/aromatic N) is 2. The van der Waals surface area contributed by atoms with Gasteiger partial charge in [0.1, 0.15) is 5.82 Å². The summed E-state index contributed by atoms with van der Waals surface area (Å²) in [5.74, 6) is 1.25. The van der Waals surface area contributed by atoms with Crippen molar-refractivity contribution in [2.75, 3.05) is 18.4 Å². The second-order valence-electron chi connectivity index (χ2n) is 4.63. The molecular formula is C13H22N4O. The number of anilines is 1. The van der Waals surface area contributed by atoms with Crippen molar-refractivity contribution >= 4 is 11.7 Å². The van der Waals surface area contributed by atoms with Crippen LogP contribution >= 0.6 is 0 Å². The number of hydrogen-bond donors (Lipinski definition) is 2. The fourth-order valence-electron chi connectivity index (χ4n) is 1.53. The van der Waals surface area contributed by atoms with Gasteiger partial charge in [-0.15, -0.1) is 10.2 Å². The van der Waals surface area contributed by atoms with Crippen molar-refractivity contribution in [2.45, 2.75) is 33.6 Å². The van der Waals surface area contributed by atoms with Crippen LogP contribution in [-0.2, 0) is 0 Å². The molecule has 0 aliphatic rings. The Hall–Kier alpha value is -1.65. The molecule has 0 spiro atoms. The zero-order valence-corrected chi connectivity index (χ0v) is 11.4. The van der Waals surface area contributed by atoms with Crippen LogP contribution in [0, 0.1) is 5.92 Å². The fraction of sp³-hybridized carbons (Fsp3) is 0.615. The van der Waals surface area contributed by atoms with Crippen molar-refractivity contribution in [3.05, 3.63) is 17.8 Å². The van der Waals surface area contributed by atoms with Crippen molar-refractivity contribution in [3.63, 3.8) is 0 Å². The molecular weight excluding hydrogens is 228 g/mol. The van der Waals surface area contributed by atoms with Crippen LogP contribution in [0.25, 0.3) is 0 Å². The minimum absolute atomic E-state index is 0.184. The molecule has 1 aromatic heterocycles. The van der Waals surface area contributed by atoms with E-state index in [9.17, 15) is 4.79 Å². The first kappa shape index (κ1) is 14.4. The summed E-state index contributed by atoms with van der Waals surface area (Å²) in [6, 6.07) is 3.47. The zero-order chi connectivity index (χ0) is 13.4. The van der Waals surface area contributed by atoms with Crippen LogP contribution in [0.3, 0.4) is 0 Å². The van der Waals surface area contributed by atoms with Crippen molar-refractivity contribution < 1.29 is 4.79 Å². The number of carbonyl (C=O) groups is 1. The molecule has 0 aliphatic carbocycles. The molecule has 0 saturated heterocycles. The van der Waals surface area contributed by atoms with Crippen LogP contribution in [0.1, 0.15) is 44.1 Å². The Morgan fingerprint density at radius 2 is 2.11 bits per heavy atom. The Labute approximate surface area is 108 Å². The van der Waals surface area contributed by atoms with Gasteiger partial charge in [-0.2, -0.15) is 0 Å². The van der Waals surface area contributed by atoms with E-state index in [-0.39, 0.29) is 5.91 Å². The Balaban J connectivity index is 2.38. The molecule has 1 amide bonds. The first-order valence-electron chi connectivity index (χ1n) is 6.49. The first-order valence-corrected chi connectivity index (χ1v) is 6.49. The topological polar surface area (TPSA) is 66.9 Å². The van der Waals surface area contributed by atoms with Crippen molar-refractivity contribution in [2.24, 2.45) is 5.92 Å². The highest BCUT2D eigenvalue weighted by atomic mass is 16.1. The van der Waals surface area contributed by atoms with Gasteiger partial charge in [0.15, 0.2) is 5.69 Å². The first-order chi connectivity index (χ1) is 8.63. The standard InChI is InChI=1S/C13H22N4O/c1-4-14-13(18)11-7-8-12(17-16-11)15-9-5-6-10(2)3/h7-8,10H,4-6,9H2,1-3H3,(H,14,18)(H,15,17). The fourth-order valence-corrected chi connectivity index (χ4v) is 1.53. The van der Waals surface area contributed by atoms with Gasteiger partial charge < -0.3 is 10.6 Å². The van der Waals surface area contributed by atoms with Gasteiger partial charge in [-0.3, -0.25) is 4.79 Å². The molecule has 0 fully saturated rings. The summed E-state index contributed by atoms with van der Waals surface area (Å²) in [6.45, 7) is 7.76. The van der Waals surface area contributed by atoms with Crippen LogP contribution in [0.4, 0.5) is 5.82 Å². The second-order valence-corrected chi connectivity index (χ2v) is 4.63. The molecule has 1 aromatic rings. The Morgan fingerprint density at radius 1 is 1.33 bits per heavy atom. The van der Waals surface area contributed by atoms with Gasteiger partial charge in [0.25, 0.3) is 5.91 Å². The highest BCUT2D eigenvalue weighted by molar-refractivity contribution is 5.92. The average Bonchev–Trinajstić information content (AvgIpc) is 2.35. The largest absolute Gasteiger partial charge is 0.369 e. The van der Waals surface area contributed by atoms with Gasteiger partial charge in [0.05, 0.1) is 0 Å². The number of hydrogen-bond acceptors (Lipinski definition) is 4. The molecule has 0 atom stereocenters. The van der Waals surface area contributed by atoms with Gasteiger partial charge >= 0.3 is 0 Å². The van der Waals surface area contributed by atoms with E-state index in [1.807, 2.05) is 6.92 Å². The van der Waals surface area contributed by atoms with Crippen LogP contribution in [0.15, 0.2) is 12.1 Å². The third kappa shape index (κ3) is 5.12. The predicted molar refractivity (Wildman–Crippen MR) is 72.6 cm³/mol. The van der Waals surface area contributed by atoms with E-state index in [1.165, 1.54) is 6.42 Å². The molecule has 0 saturated carbocycles. The highest BCUT2D eigenvalue weighted by Gasteiger charge is 2.06. The van der Waals surface area contributed by atoms with E-state index in [2.05, 4.69) is 34.7 Å². The molecule has 5 heteroatoms. The lowest BCUT2D eigenvalue weighted by molar-refractivity contribution is 0.0950. The lowest BCUT2D eigenvalue weighted by Gasteiger charge is -2.07. The third-order valence-corrected chi connectivity index (χ3v) is 2.50. The maximum Gasteiger partial charge on any atom is 0.271 e. The van der Waals surface area contributed by atoms with E-state index < -0.39 is 0 Å². The van der Waals surface area contributed by atoms with Gasteiger partial charge in [-0.05, 0) is 37.8 Å². The monoisotopic (exact) mass is 250 g/mol. The number of nitrogens with one attached hydrogen (secondary N) is 2. The lowest BCUT2D eigenvalue weighted by atomic mass is 10.1. The SMILES string of the molecule is CCNC(=O)c1ccc(NCCCC(C)C)nn1. The summed E-state index contributed by atoms with van der Waals surface area (Å²) in [4.78, 5) is 11.5. The molecule has 0 aromatic carbocycles. The highest BCUT2D eigenvalue weighted by Crippen LogP contribution is 2.05. The second kappa shape index (κ2) is 7.63. The minimum Gasteiger partial charge on any atom is -0.369 e. The van der Waals surface area contributed by atoms with E-state index in [0.717, 1.165) is 18.9 Å². The summed E-state index contributed by atoms with van der Waals surface area (Å²) in [5, 5.41) is 13.7. The van der Waals surface area contributed by atoms with E-state index in [1.54, 1.807) is 12.1 Å². The van der Waals surface area contributed by atoms with Gasteiger partial charge in [0, 0.05) is 13.1 Å². The maximum absolute atomic E-state index is 11.5. The number of carbonyl (C=O) groups excluding carboxylic acids is 1. The van der Waals surface area contributed by atoms with Crippen molar-refractivity contribution in [1.29, 1.82) is 0 Å². The number of rotatable bonds is 7. The number of amides is 1. The summed E-state index contributed by atoms with van der Waals surface area (Å²) in [6.07, 6.45) is 2.30. The quantitative estimate of drug-likeness (QED) is 0.727. The van der Waals surface area contributed by atoms with E-state index in [0.29, 0.717) is 18.1 Å². The maximum atomic E-state index is 11.5. The Morgan fingerprint density at radius 3 is 2.67 bits per heavy atom. The van der Waals surface area contributed by atoms with Crippen LogP contribution in [0.5, 0.6) is 0 Å². The predicted octanol–water partition coefficient (Wildman–Crippen LogP) is 2.07. The van der Waals surface area contributed by atoms with Crippen LogP contribution < -0.4 is 10.6 Å². The number of aromatic nitrogens is 2. The molecule has 0 aliphatic heterocycles.